The highest BCUT2D eigenvalue weighted by Crippen LogP contribution is 2.37. The highest BCUT2D eigenvalue weighted by atomic mass is 79.9. The van der Waals surface area contributed by atoms with Gasteiger partial charge in [-0.2, -0.15) is 0 Å². The van der Waals surface area contributed by atoms with Crippen LogP contribution in [0.15, 0.2) is 90.8 Å². The Morgan fingerprint density at radius 3 is 2.51 bits per heavy atom. The molecule has 2 aromatic heterocycles. The fourth-order valence-electron chi connectivity index (χ4n) is 4.56. The maximum atomic E-state index is 14.0. The van der Waals surface area contributed by atoms with E-state index in [4.69, 9.17) is 9.47 Å². The summed E-state index contributed by atoms with van der Waals surface area (Å²) in [5, 5.41) is 0. The molecule has 1 aliphatic heterocycles. The minimum atomic E-state index is -0.777. The van der Waals surface area contributed by atoms with Crippen LogP contribution in [0.4, 0.5) is 0 Å². The Labute approximate surface area is 246 Å². The zero-order valence-corrected chi connectivity index (χ0v) is 25.6. The van der Waals surface area contributed by atoms with Crippen molar-refractivity contribution in [3.05, 3.63) is 112 Å². The molecule has 2 aromatic carbocycles. The van der Waals surface area contributed by atoms with Gasteiger partial charge in [-0.3, -0.25) is 9.36 Å². The first-order valence-corrected chi connectivity index (χ1v) is 14.6. The number of nitrogens with zero attached hydrogens (tertiary/aromatic N) is 3. The molecular weight excluding hydrogens is 646 g/mol. The summed E-state index contributed by atoms with van der Waals surface area (Å²) in [6, 6.07) is 16.6. The third-order valence-electron chi connectivity index (χ3n) is 6.23. The topological polar surface area (TPSA) is 74.8 Å². The van der Waals surface area contributed by atoms with Gasteiger partial charge in [0.1, 0.15) is 11.8 Å². The van der Waals surface area contributed by atoms with E-state index < -0.39 is 12.0 Å². The van der Waals surface area contributed by atoms with E-state index in [0.717, 1.165) is 20.3 Å². The molecule has 10 heteroatoms. The van der Waals surface area contributed by atoms with E-state index in [2.05, 4.69) is 36.9 Å². The lowest BCUT2D eigenvalue weighted by Crippen LogP contribution is -2.40. The predicted octanol–water partition coefficient (Wildman–Crippen LogP) is 5.51. The highest BCUT2D eigenvalue weighted by Gasteiger charge is 2.35. The van der Waals surface area contributed by atoms with Crippen LogP contribution in [0.2, 0.25) is 0 Å². The molecule has 0 radical (unpaired) electrons. The van der Waals surface area contributed by atoms with Crippen LogP contribution in [-0.4, -0.2) is 28.3 Å². The van der Waals surface area contributed by atoms with Crippen molar-refractivity contribution < 1.29 is 14.3 Å². The van der Waals surface area contributed by atoms with Crippen molar-refractivity contribution in [3.8, 4) is 11.4 Å². The monoisotopic (exact) mass is 669 g/mol. The minimum Gasteiger partial charge on any atom is -0.496 e. The van der Waals surface area contributed by atoms with Crippen molar-refractivity contribution in [2.24, 2.45) is 4.99 Å². The van der Waals surface area contributed by atoms with Gasteiger partial charge >= 0.3 is 5.97 Å². The SMILES string of the molecule is COc1ccc(Br)cc1[C@@H]1C(C(=O)OC(C)C)=C(C)N=c2s/c(=C\c3cccn3-c3ccc(Br)cc3)c(=O)n21. The van der Waals surface area contributed by atoms with E-state index in [-0.39, 0.29) is 11.7 Å². The van der Waals surface area contributed by atoms with E-state index in [1.54, 1.807) is 38.5 Å². The van der Waals surface area contributed by atoms with Crippen LogP contribution in [0.5, 0.6) is 5.75 Å². The van der Waals surface area contributed by atoms with E-state index in [1.165, 1.54) is 11.3 Å². The van der Waals surface area contributed by atoms with Crippen LogP contribution >= 0.6 is 43.2 Å². The molecule has 3 heterocycles. The number of thiazole rings is 1. The molecule has 0 N–H and O–H groups in total. The predicted molar refractivity (Wildman–Crippen MR) is 159 cm³/mol. The van der Waals surface area contributed by atoms with E-state index in [0.29, 0.717) is 31.9 Å². The number of aromatic nitrogens is 2. The van der Waals surface area contributed by atoms with Gasteiger partial charge < -0.3 is 14.0 Å². The largest absolute Gasteiger partial charge is 0.496 e. The molecule has 1 atom stereocenters. The summed E-state index contributed by atoms with van der Waals surface area (Å²) in [5.74, 6) is 0.0307. The van der Waals surface area contributed by atoms with Crippen LogP contribution in [0.3, 0.4) is 0 Å². The second-order valence-electron chi connectivity index (χ2n) is 9.20. The van der Waals surface area contributed by atoms with Crippen molar-refractivity contribution in [3.63, 3.8) is 0 Å². The Bertz CT molecular complexity index is 1780. The first-order valence-electron chi connectivity index (χ1n) is 12.2. The number of allylic oxidation sites excluding steroid dienone is 1. The van der Waals surface area contributed by atoms with Gasteiger partial charge in [-0.15, -0.1) is 0 Å². The number of methoxy groups -OCH3 is 1. The van der Waals surface area contributed by atoms with Gasteiger partial charge in [0.2, 0.25) is 0 Å². The number of carbonyl (C=O) groups is 1. The van der Waals surface area contributed by atoms with Gasteiger partial charge in [0.15, 0.2) is 4.80 Å². The van der Waals surface area contributed by atoms with Gasteiger partial charge in [-0.25, -0.2) is 9.79 Å². The standard InChI is InChI=1S/C29H25Br2N3O4S/c1-16(2)38-28(36)25-17(3)32-29-34(26(25)22-14-19(31)9-12-23(22)37-4)27(35)24(39-29)15-21-6-5-13-33(21)20-10-7-18(30)8-11-20/h5-16,26H,1-4H3/b24-15-/t26-/m1/s1. The van der Waals surface area contributed by atoms with Crippen LogP contribution in [0.1, 0.15) is 38.1 Å². The normalized spacial score (nSPS) is 15.4. The minimum absolute atomic E-state index is 0.253. The lowest BCUT2D eigenvalue weighted by Gasteiger charge is -2.26. The first-order chi connectivity index (χ1) is 18.7. The number of ether oxygens (including phenoxy) is 2. The number of fused-ring (bicyclic) bond motifs is 1. The Kier molecular flexibility index (Phi) is 7.80. The lowest BCUT2D eigenvalue weighted by atomic mass is 9.95. The number of rotatable bonds is 6. The Morgan fingerprint density at radius 1 is 1.10 bits per heavy atom. The van der Waals surface area contributed by atoms with Crippen LogP contribution < -0.4 is 19.6 Å². The molecular formula is C29H25Br2N3O4S. The molecule has 4 aromatic rings. The van der Waals surface area contributed by atoms with Crippen molar-refractivity contribution in [2.45, 2.75) is 32.9 Å². The van der Waals surface area contributed by atoms with Gasteiger partial charge in [0, 0.05) is 32.1 Å². The first kappa shape index (κ1) is 27.4. The summed E-state index contributed by atoms with van der Waals surface area (Å²) in [4.78, 5) is 32.6. The average Bonchev–Trinajstić information content (AvgIpc) is 3.47. The number of halogens is 2. The van der Waals surface area contributed by atoms with Gasteiger partial charge in [0.25, 0.3) is 5.56 Å². The molecule has 200 valence electrons. The number of hydrogen-bond acceptors (Lipinski definition) is 6. The van der Waals surface area contributed by atoms with E-state index in [1.807, 2.05) is 65.4 Å². The third kappa shape index (κ3) is 5.33. The molecule has 7 nitrogen and oxygen atoms in total. The maximum Gasteiger partial charge on any atom is 0.338 e. The average molecular weight is 671 g/mol. The zero-order chi connectivity index (χ0) is 27.8. The Balaban J connectivity index is 1.73. The van der Waals surface area contributed by atoms with Crippen molar-refractivity contribution in [1.29, 1.82) is 0 Å². The van der Waals surface area contributed by atoms with Crippen LogP contribution in [0, 0.1) is 0 Å². The molecule has 0 bridgehead atoms. The second kappa shape index (κ2) is 11.1. The molecule has 1 aliphatic rings. The van der Waals surface area contributed by atoms with Crippen molar-refractivity contribution in [1.82, 2.24) is 9.13 Å². The summed E-state index contributed by atoms with van der Waals surface area (Å²) < 4.78 is 17.1. The number of carbonyl (C=O) groups excluding carboxylic acids is 1. The van der Waals surface area contributed by atoms with E-state index in [9.17, 15) is 9.59 Å². The second-order valence-corrected chi connectivity index (χ2v) is 12.0. The fourth-order valence-corrected chi connectivity index (χ4v) is 6.23. The summed E-state index contributed by atoms with van der Waals surface area (Å²) in [6.07, 6.45) is 3.47. The fraction of sp³-hybridized carbons (Fsp3) is 0.207. The summed E-state index contributed by atoms with van der Waals surface area (Å²) in [7, 11) is 1.56. The number of hydrogen-bond donors (Lipinski definition) is 0. The van der Waals surface area contributed by atoms with Crippen molar-refractivity contribution in [2.75, 3.05) is 7.11 Å². The van der Waals surface area contributed by atoms with Gasteiger partial charge in [-0.05, 0) is 81.4 Å². The third-order valence-corrected chi connectivity index (χ3v) is 8.24. The maximum absolute atomic E-state index is 14.0. The summed E-state index contributed by atoms with van der Waals surface area (Å²) >= 11 is 8.29. The molecule has 0 saturated heterocycles. The van der Waals surface area contributed by atoms with Crippen molar-refractivity contribution >= 4 is 55.2 Å². The molecule has 0 saturated carbocycles. The highest BCUT2D eigenvalue weighted by molar-refractivity contribution is 9.10. The van der Waals surface area contributed by atoms with Gasteiger partial charge in [0.05, 0.1) is 29.0 Å². The van der Waals surface area contributed by atoms with Gasteiger partial charge in [-0.1, -0.05) is 43.2 Å². The number of benzene rings is 2. The zero-order valence-electron chi connectivity index (χ0n) is 21.6. The smallest absolute Gasteiger partial charge is 0.338 e. The summed E-state index contributed by atoms with van der Waals surface area (Å²) in [5.41, 5.74) is 3.01. The number of esters is 1. The molecule has 0 unspecified atom stereocenters. The van der Waals surface area contributed by atoms with Crippen LogP contribution in [0.25, 0.3) is 11.8 Å². The molecule has 0 fully saturated rings. The Morgan fingerprint density at radius 2 is 1.82 bits per heavy atom. The molecule has 0 amide bonds. The molecule has 39 heavy (non-hydrogen) atoms. The lowest BCUT2D eigenvalue weighted by molar-refractivity contribution is -0.143. The Hall–Kier alpha value is -3.21. The summed E-state index contributed by atoms with van der Waals surface area (Å²) in [6.45, 7) is 5.35. The van der Waals surface area contributed by atoms with Crippen LogP contribution in [-0.2, 0) is 9.53 Å². The molecule has 0 spiro atoms. The molecule has 0 aliphatic carbocycles. The molecule has 5 rings (SSSR count). The quantitative estimate of drug-likeness (QED) is 0.254. The van der Waals surface area contributed by atoms with E-state index >= 15 is 0 Å².